The van der Waals surface area contributed by atoms with Gasteiger partial charge in [0.1, 0.15) is 13.2 Å². The van der Waals surface area contributed by atoms with E-state index < -0.39 is 6.10 Å². The van der Waals surface area contributed by atoms with E-state index in [9.17, 15) is 14.4 Å². The summed E-state index contributed by atoms with van der Waals surface area (Å²) in [7, 11) is 0. The molecule has 0 saturated carbocycles. The van der Waals surface area contributed by atoms with Crippen molar-refractivity contribution in [3.8, 4) is 0 Å². The number of ether oxygens (including phenoxy) is 3. The summed E-state index contributed by atoms with van der Waals surface area (Å²) in [6, 6.07) is 0. The molecule has 0 fully saturated rings. The van der Waals surface area contributed by atoms with Gasteiger partial charge >= 0.3 is 17.9 Å². The van der Waals surface area contributed by atoms with Gasteiger partial charge in [0.25, 0.3) is 0 Å². The predicted molar refractivity (Wildman–Crippen MR) is 293 cm³/mol. The highest BCUT2D eigenvalue weighted by atomic mass is 16.6. The second-order valence-corrected chi connectivity index (χ2v) is 18.8. The Morgan fingerprint density at radius 3 is 0.926 bits per heavy atom. The minimum Gasteiger partial charge on any atom is -0.462 e. The molecule has 0 rings (SSSR count). The summed E-state index contributed by atoms with van der Waals surface area (Å²) in [6.07, 6.45) is 72.9. The Balaban J connectivity index is 4.43. The van der Waals surface area contributed by atoms with E-state index in [0.717, 1.165) is 109 Å². The van der Waals surface area contributed by atoms with Crippen molar-refractivity contribution in [2.45, 2.75) is 277 Å². The molecule has 390 valence electrons. The number of hydrogen-bond donors (Lipinski definition) is 0. The summed E-state index contributed by atoms with van der Waals surface area (Å²) in [5.41, 5.74) is 0. The van der Waals surface area contributed by atoms with Crippen molar-refractivity contribution in [1.82, 2.24) is 0 Å². The van der Waals surface area contributed by atoms with Crippen LogP contribution in [0.3, 0.4) is 0 Å². The van der Waals surface area contributed by atoms with Crippen LogP contribution in [0.1, 0.15) is 271 Å². The molecule has 6 nitrogen and oxygen atoms in total. The Morgan fingerprint density at radius 1 is 0.309 bits per heavy atom. The van der Waals surface area contributed by atoms with E-state index in [1.54, 1.807) is 0 Å². The molecule has 0 aliphatic carbocycles. The second-order valence-electron chi connectivity index (χ2n) is 18.8. The second kappa shape index (κ2) is 56.2. The average molecular weight is 948 g/mol. The zero-order valence-corrected chi connectivity index (χ0v) is 44.6. The van der Waals surface area contributed by atoms with Crippen LogP contribution in [-0.2, 0) is 28.6 Å². The minimum atomic E-state index is -0.798. The number of rotatable bonds is 51. The lowest BCUT2D eigenvalue weighted by Crippen LogP contribution is -2.30. The molecule has 1 atom stereocenters. The fourth-order valence-electron chi connectivity index (χ4n) is 7.92. The molecule has 0 heterocycles. The quantitative estimate of drug-likeness (QED) is 0.0262. The van der Waals surface area contributed by atoms with Crippen LogP contribution >= 0.6 is 0 Å². The van der Waals surface area contributed by atoms with Crippen molar-refractivity contribution in [1.29, 1.82) is 0 Å². The Bertz CT molecular complexity index is 1320. The molecule has 0 radical (unpaired) electrons. The van der Waals surface area contributed by atoms with Crippen molar-refractivity contribution in [3.05, 3.63) is 85.1 Å². The molecular formula is C62H106O6. The highest BCUT2D eigenvalue weighted by Gasteiger charge is 2.19. The monoisotopic (exact) mass is 947 g/mol. The van der Waals surface area contributed by atoms with Gasteiger partial charge in [-0.3, -0.25) is 14.4 Å². The third-order valence-electron chi connectivity index (χ3n) is 12.1. The van der Waals surface area contributed by atoms with E-state index >= 15 is 0 Å². The predicted octanol–water partition coefficient (Wildman–Crippen LogP) is 19.2. The van der Waals surface area contributed by atoms with E-state index in [2.05, 4.69) is 106 Å². The lowest BCUT2D eigenvalue weighted by atomic mass is 10.0. The molecule has 0 aliphatic heterocycles. The highest BCUT2D eigenvalue weighted by molar-refractivity contribution is 5.71. The summed E-state index contributed by atoms with van der Waals surface area (Å²) < 4.78 is 16.8. The van der Waals surface area contributed by atoms with E-state index in [4.69, 9.17) is 14.2 Å². The molecule has 0 aromatic rings. The lowest BCUT2D eigenvalue weighted by molar-refractivity contribution is -0.167. The summed E-state index contributed by atoms with van der Waals surface area (Å²) in [6.45, 7) is 6.39. The largest absolute Gasteiger partial charge is 0.462 e. The van der Waals surface area contributed by atoms with Crippen molar-refractivity contribution in [3.63, 3.8) is 0 Å². The zero-order valence-electron chi connectivity index (χ0n) is 44.6. The van der Waals surface area contributed by atoms with Gasteiger partial charge in [0.15, 0.2) is 6.10 Å². The van der Waals surface area contributed by atoms with Crippen LogP contribution in [0.25, 0.3) is 0 Å². The van der Waals surface area contributed by atoms with Gasteiger partial charge in [-0.05, 0) is 89.9 Å². The molecule has 1 unspecified atom stereocenters. The zero-order chi connectivity index (χ0) is 49.3. The van der Waals surface area contributed by atoms with Gasteiger partial charge in [0, 0.05) is 19.3 Å². The standard InChI is InChI=1S/C62H106O6/c1-4-7-10-13-16-19-22-25-28-30-32-34-37-40-43-46-49-52-55-61(64)67-58-59(57-66-60(63)54-51-48-45-42-39-36-33-27-24-21-18-15-12-9-6-3)68-62(65)56-53-50-47-44-41-38-35-31-29-26-23-20-17-14-11-8-5-2/h8-9,11-12,17-18,20-21,26-27,29,33,39,42,59H,4-7,10,13-16,19,22-25,28,30-32,34-38,40-41,43-58H2,1-3H3/b11-8-,12-9-,20-17-,21-18-,29-26-,33-27-,42-39-. The average Bonchev–Trinajstić information content (AvgIpc) is 3.34. The first-order chi connectivity index (χ1) is 33.5. The van der Waals surface area contributed by atoms with Crippen LogP contribution in [0.5, 0.6) is 0 Å². The summed E-state index contributed by atoms with van der Waals surface area (Å²) in [5, 5.41) is 0. The summed E-state index contributed by atoms with van der Waals surface area (Å²) >= 11 is 0. The molecule has 68 heavy (non-hydrogen) atoms. The molecule has 0 saturated heterocycles. The Labute approximate surface area is 420 Å². The number of carbonyl (C=O) groups is 3. The first-order valence-electron chi connectivity index (χ1n) is 28.6. The first kappa shape index (κ1) is 64.6. The van der Waals surface area contributed by atoms with E-state index in [-0.39, 0.29) is 31.1 Å². The molecule has 0 spiro atoms. The fraction of sp³-hybridized carbons (Fsp3) is 0.726. The molecule has 0 aromatic heterocycles. The van der Waals surface area contributed by atoms with Crippen LogP contribution in [0.15, 0.2) is 85.1 Å². The molecule has 6 heteroatoms. The lowest BCUT2D eigenvalue weighted by Gasteiger charge is -2.18. The van der Waals surface area contributed by atoms with Crippen molar-refractivity contribution < 1.29 is 28.6 Å². The number of hydrogen-bond acceptors (Lipinski definition) is 6. The maximum atomic E-state index is 12.9. The van der Waals surface area contributed by atoms with Gasteiger partial charge in [-0.25, -0.2) is 0 Å². The fourth-order valence-corrected chi connectivity index (χ4v) is 7.92. The van der Waals surface area contributed by atoms with Crippen LogP contribution < -0.4 is 0 Å². The van der Waals surface area contributed by atoms with Crippen molar-refractivity contribution >= 4 is 17.9 Å². The first-order valence-corrected chi connectivity index (χ1v) is 28.6. The van der Waals surface area contributed by atoms with Gasteiger partial charge in [0.2, 0.25) is 0 Å². The highest BCUT2D eigenvalue weighted by Crippen LogP contribution is 2.16. The van der Waals surface area contributed by atoms with E-state index in [0.29, 0.717) is 19.3 Å². The summed E-state index contributed by atoms with van der Waals surface area (Å²) in [4.78, 5) is 38.1. The van der Waals surface area contributed by atoms with Gasteiger partial charge < -0.3 is 14.2 Å². The number of esters is 3. The molecule has 0 aliphatic rings. The van der Waals surface area contributed by atoms with Gasteiger partial charge in [-0.1, -0.05) is 247 Å². The molecule has 0 bridgehead atoms. The van der Waals surface area contributed by atoms with Crippen LogP contribution in [-0.4, -0.2) is 37.2 Å². The van der Waals surface area contributed by atoms with Gasteiger partial charge in [-0.2, -0.15) is 0 Å². The molecule has 0 amide bonds. The van der Waals surface area contributed by atoms with Crippen molar-refractivity contribution in [2.75, 3.05) is 13.2 Å². The maximum absolute atomic E-state index is 12.9. The smallest absolute Gasteiger partial charge is 0.306 e. The Morgan fingerprint density at radius 2 is 0.574 bits per heavy atom. The van der Waals surface area contributed by atoms with Crippen LogP contribution in [0, 0.1) is 0 Å². The van der Waals surface area contributed by atoms with Crippen molar-refractivity contribution in [2.24, 2.45) is 0 Å². The summed E-state index contributed by atoms with van der Waals surface area (Å²) in [5.74, 6) is -0.938. The molecule has 0 N–H and O–H groups in total. The third-order valence-corrected chi connectivity index (χ3v) is 12.1. The number of carbonyl (C=O) groups excluding carboxylic acids is 3. The SMILES string of the molecule is CC/C=C\C/C=C\C/C=C\C/C=C\CCCCC(=O)OCC(COC(=O)CCCCCCCCCCCCCCCCCCCC)OC(=O)CCCCCCCCC/C=C\C/C=C\C/C=C\CC. The number of unbranched alkanes of at least 4 members (excludes halogenated alkanes) is 26. The molecule has 0 aromatic carbocycles. The maximum Gasteiger partial charge on any atom is 0.306 e. The number of allylic oxidation sites excluding steroid dienone is 14. The third kappa shape index (κ3) is 53.5. The Hall–Kier alpha value is -3.41. The van der Waals surface area contributed by atoms with Crippen LogP contribution in [0.4, 0.5) is 0 Å². The minimum absolute atomic E-state index is 0.0920. The van der Waals surface area contributed by atoms with Gasteiger partial charge in [0.05, 0.1) is 0 Å². The Kier molecular flexibility index (Phi) is 53.4. The molecular weight excluding hydrogens is 841 g/mol. The topological polar surface area (TPSA) is 78.9 Å². The van der Waals surface area contributed by atoms with E-state index in [1.807, 2.05) is 0 Å². The van der Waals surface area contributed by atoms with Gasteiger partial charge in [-0.15, -0.1) is 0 Å². The normalized spacial score (nSPS) is 12.7. The van der Waals surface area contributed by atoms with E-state index in [1.165, 1.54) is 122 Å². The van der Waals surface area contributed by atoms with Crippen LogP contribution in [0.2, 0.25) is 0 Å².